The van der Waals surface area contributed by atoms with E-state index in [-0.39, 0.29) is 17.4 Å². The van der Waals surface area contributed by atoms with Crippen LogP contribution in [-0.2, 0) is 0 Å². The molecule has 1 amide bonds. The maximum atomic E-state index is 11.6. The van der Waals surface area contributed by atoms with E-state index >= 15 is 0 Å². The average Bonchev–Trinajstić information content (AvgIpc) is 2.99. The molecule has 1 heterocycles. The van der Waals surface area contributed by atoms with Crippen LogP contribution in [0.4, 0.5) is 0 Å². The number of carbonyl (C=O) groups excluding carboxylic acids is 1. The number of nitrogens with one attached hydrogen (secondary N) is 1. The molecule has 1 aliphatic carbocycles. The van der Waals surface area contributed by atoms with Crippen molar-refractivity contribution in [1.82, 2.24) is 10.5 Å². The first-order valence-corrected chi connectivity index (χ1v) is 6.15. The molecular weight excluding hydrogens is 236 g/mol. The lowest BCUT2D eigenvalue weighted by Crippen LogP contribution is -2.25. The highest BCUT2D eigenvalue weighted by Gasteiger charge is 2.18. The van der Waals surface area contributed by atoms with Crippen LogP contribution in [0.5, 0.6) is 0 Å². The molecule has 1 aromatic heterocycles. The minimum atomic E-state index is -1.23. The van der Waals surface area contributed by atoms with E-state index in [9.17, 15) is 9.59 Å². The number of amides is 1. The number of aromatic nitrogens is 1. The predicted molar refractivity (Wildman–Crippen MR) is 62.4 cm³/mol. The van der Waals surface area contributed by atoms with Gasteiger partial charge in [-0.1, -0.05) is 30.8 Å². The Morgan fingerprint density at radius 3 is 2.78 bits per heavy atom. The maximum absolute atomic E-state index is 11.6. The van der Waals surface area contributed by atoms with Crippen LogP contribution >= 0.6 is 0 Å². The molecule has 0 unspecified atom stereocenters. The molecule has 2 rings (SSSR count). The lowest BCUT2D eigenvalue weighted by atomic mass is 10.0. The molecule has 0 saturated heterocycles. The van der Waals surface area contributed by atoms with Crippen molar-refractivity contribution in [2.45, 2.75) is 32.1 Å². The van der Waals surface area contributed by atoms with Gasteiger partial charge in [0, 0.05) is 12.6 Å². The van der Waals surface area contributed by atoms with E-state index in [1.807, 2.05) is 0 Å². The van der Waals surface area contributed by atoms with Gasteiger partial charge in [0.05, 0.1) is 0 Å². The zero-order chi connectivity index (χ0) is 13.0. The second-order valence-corrected chi connectivity index (χ2v) is 4.58. The summed E-state index contributed by atoms with van der Waals surface area (Å²) in [6, 6.07) is 1.13. The van der Waals surface area contributed by atoms with E-state index in [0.29, 0.717) is 12.5 Å². The molecule has 1 aromatic rings. The van der Waals surface area contributed by atoms with E-state index in [0.717, 1.165) is 12.5 Å². The molecule has 98 valence electrons. The maximum Gasteiger partial charge on any atom is 0.374 e. The van der Waals surface area contributed by atoms with Gasteiger partial charge < -0.3 is 14.9 Å². The summed E-state index contributed by atoms with van der Waals surface area (Å²) in [5, 5.41) is 14.8. The van der Waals surface area contributed by atoms with E-state index in [1.165, 1.54) is 25.7 Å². The lowest BCUT2D eigenvalue weighted by molar-refractivity contribution is 0.0651. The first kappa shape index (κ1) is 12.6. The summed E-state index contributed by atoms with van der Waals surface area (Å²) in [5.41, 5.74) is 0.0128. The van der Waals surface area contributed by atoms with Crippen molar-refractivity contribution in [2.75, 3.05) is 6.54 Å². The number of carboxylic acid groups (broad SMARTS) is 1. The van der Waals surface area contributed by atoms with Gasteiger partial charge in [0.15, 0.2) is 5.69 Å². The summed E-state index contributed by atoms with van der Waals surface area (Å²) < 4.78 is 4.52. The molecule has 18 heavy (non-hydrogen) atoms. The topological polar surface area (TPSA) is 92.4 Å². The number of aromatic carboxylic acids is 1. The highest BCUT2D eigenvalue weighted by molar-refractivity contribution is 5.94. The number of carbonyl (C=O) groups is 2. The van der Waals surface area contributed by atoms with E-state index < -0.39 is 5.97 Å². The molecule has 0 atom stereocenters. The van der Waals surface area contributed by atoms with Gasteiger partial charge in [0.25, 0.3) is 5.91 Å². The largest absolute Gasteiger partial charge is 0.475 e. The number of hydrogen-bond acceptors (Lipinski definition) is 4. The Hall–Kier alpha value is -1.85. The summed E-state index contributed by atoms with van der Waals surface area (Å²) in [4.78, 5) is 22.2. The van der Waals surface area contributed by atoms with Crippen molar-refractivity contribution in [1.29, 1.82) is 0 Å². The highest BCUT2D eigenvalue weighted by Crippen LogP contribution is 2.26. The molecule has 0 aliphatic heterocycles. The van der Waals surface area contributed by atoms with Crippen molar-refractivity contribution in [2.24, 2.45) is 5.92 Å². The fourth-order valence-corrected chi connectivity index (χ4v) is 2.26. The Morgan fingerprint density at radius 1 is 1.44 bits per heavy atom. The molecule has 6 heteroatoms. The van der Waals surface area contributed by atoms with Crippen LogP contribution in [0.15, 0.2) is 10.6 Å². The SMILES string of the molecule is O=C(NCCC1CCCC1)c1cc(C(=O)O)on1. The predicted octanol–water partition coefficient (Wildman–Crippen LogP) is 1.68. The molecule has 1 fully saturated rings. The van der Waals surface area contributed by atoms with Crippen molar-refractivity contribution in [3.05, 3.63) is 17.5 Å². The standard InChI is InChI=1S/C12H16N2O4/c15-11(9-7-10(12(16)17)18-14-9)13-6-5-8-3-1-2-4-8/h7-8H,1-6H2,(H,13,15)(H,16,17). The number of nitrogens with zero attached hydrogens (tertiary/aromatic N) is 1. The Kier molecular flexibility index (Phi) is 3.96. The van der Waals surface area contributed by atoms with Crippen LogP contribution in [-0.4, -0.2) is 28.7 Å². The van der Waals surface area contributed by atoms with Crippen molar-refractivity contribution >= 4 is 11.9 Å². The van der Waals surface area contributed by atoms with Gasteiger partial charge in [-0.25, -0.2) is 4.79 Å². The number of rotatable bonds is 5. The van der Waals surface area contributed by atoms with Crippen LogP contribution in [0.1, 0.15) is 53.1 Å². The van der Waals surface area contributed by atoms with Crippen molar-refractivity contribution < 1.29 is 19.2 Å². The number of hydrogen-bond donors (Lipinski definition) is 2. The monoisotopic (exact) mass is 252 g/mol. The minimum absolute atomic E-state index is 0.0128. The minimum Gasteiger partial charge on any atom is -0.475 e. The van der Waals surface area contributed by atoms with Gasteiger partial charge in [-0.2, -0.15) is 0 Å². The Bertz CT molecular complexity index is 435. The smallest absolute Gasteiger partial charge is 0.374 e. The first-order valence-electron chi connectivity index (χ1n) is 6.15. The summed E-state index contributed by atoms with van der Waals surface area (Å²) >= 11 is 0. The Morgan fingerprint density at radius 2 is 2.17 bits per heavy atom. The average molecular weight is 252 g/mol. The highest BCUT2D eigenvalue weighted by atomic mass is 16.5. The van der Waals surface area contributed by atoms with Crippen LogP contribution < -0.4 is 5.32 Å². The van der Waals surface area contributed by atoms with Crippen LogP contribution in [0.25, 0.3) is 0 Å². The van der Waals surface area contributed by atoms with Crippen molar-refractivity contribution in [3.8, 4) is 0 Å². The third-order valence-corrected chi connectivity index (χ3v) is 3.27. The lowest BCUT2D eigenvalue weighted by Gasteiger charge is -2.08. The summed E-state index contributed by atoms with van der Waals surface area (Å²) in [6.45, 7) is 0.596. The third kappa shape index (κ3) is 3.09. The van der Waals surface area contributed by atoms with E-state index in [1.54, 1.807) is 0 Å². The van der Waals surface area contributed by atoms with Gasteiger partial charge in [-0.15, -0.1) is 0 Å². The Labute approximate surface area is 104 Å². The first-order chi connectivity index (χ1) is 8.66. The van der Waals surface area contributed by atoms with Crippen LogP contribution in [0.2, 0.25) is 0 Å². The molecule has 6 nitrogen and oxygen atoms in total. The fraction of sp³-hybridized carbons (Fsp3) is 0.583. The molecule has 1 aliphatic rings. The van der Waals surface area contributed by atoms with Gasteiger partial charge in [-0.3, -0.25) is 4.79 Å². The zero-order valence-electron chi connectivity index (χ0n) is 10.0. The van der Waals surface area contributed by atoms with Gasteiger partial charge in [-0.05, 0) is 12.3 Å². The number of carboxylic acids is 1. The Balaban J connectivity index is 1.77. The van der Waals surface area contributed by atoms with Crippen LogP contribution in [0.3, 0.4) is 0 Å². The van der Waals surface area contributed by atoms with Gasteiger partial charge in [0.1, 0.15) is 0 Å². The second-order valence-electron chi connectivity index (χ2n) is 4.58. The third-order valence-electron chi connectivity index (χ3n) is 3.27. The van der Waals surface area contributed by atoms with Gasteiger partial charge in [0.2, 0.25) is 5.76 Å². The van der Waals surface area contributed by atoms with Crippen molar-refractivity contribution in [3.63, 3.8) is 0 Å². The summed E-state index contributed by atoms with van der Waals surface area (Å²) in [6.07, 6.45) is 6.01. The summed E-state index contributed by atoms with van der Waals surface area (Å²) in [5.74, 6) is -1.23. The summed E-state index contributed by atoms with van der Waals surface area (Å²) in [7, 11) is 0. The molecular formula is C12H16N2O4. The van der Waals surface area contributed by atoms with E-state index in [4.69, 9.17) is 5.11 Å². The fourth-order valence-electron chi connectivity index (χ4n) is 2.26. The normalized spacial score (nSPS) is 15.8. The second kappa shape index (κ2) is 5.66. The molecule has 0 spiro atoms. The molecule has 2 N–H and O–H groups in total. The molecule has 0 radical (unpaired) electrons. The zero-order valence-corrected chi connectivity index (χ0v) is 10.0. The van der Waals surface area contributed by atoms with Crippen LogP contribution in [0, 0.1) is 5.92 Å². The van der Waals surface area contributed by atoms with E-state index in [2.05, 4.69) is 15.0 Å². The van der Waals surface area contributed by atoms with Gasteiger partial charge >= 0.3 is 5.97 Å². The quantitative estimate of drug-likeness (QED) is 0.831. The molecule has 0 bridgehead atoms. The molecule has 0 aromatic carbocycles. The molecule has 1 saturated carbocycles.